The van der Waals surface area contributed by atoms with E-state index in [1.165, 1.54) is 35.0 Å². The fraction of sp³-hybridized carbons (Fsp3) is 0.0952. The fourth-order valence-electron chi connectivity index (χ4n) is 2.74. The number of allylic oxidation sites excluding steroid dienone is 1. The van der Waals surface area contributed by atoms with Crippen LogP contribution in [0.3, 0.4) is 0 Å². The van der Waals surface area contributed by atoms with Crippen LogP contribution in [0.2, 0.25) is 5.02 Å². The first kappa shape index (κ1) is 23.2. The van der Waals surface area contributed by atoms with E-state index in [4.69, 9.17) is 11.6 Å². The number of benzene rings is 1. The molecule has 2 aromatic heterocycles. The molecule has 0 aliphatic heterocycles. The zero-order valence-corrected chi connectivity index (χ0v) is 17.8. The van der Waals surface area contributed by atoms with Gasteiger partial charge in [0, 0.05) is 41.3 Å². The molecule has 1 aromatic carbocycles. The SMILES string of the molecule is Cn1cc(C(=O)c2ccc(Cl)cc2)cc1/C=C(/C#N)S(=O)(=O)c1ccc(C(F)(F)F)cn1. The Bertz CT molecular complexity index is 1350. The summed E-state index contributed by atoms with van der Waals surface area (Å²) in [5.74, 6) is -0.345. The molecule has 3 aromatic rings. The minimum absolute atomic E-state index is 0.217. The van der Waals surface area contributed by atoms with Crippen LogP contribution in [0.4, 0.5) is 13.2 Å². The number of nitriles is 1. The van der Waals surface area contributed by atoms with Gasteiger partial charge >= 0.3 is 6.18 Å². The molecule has 0 aliphatic rings. The van der Waals surface area contributed by atoms with Crippen molar-refractivity contribution in [3.05, 3.63) is 87.2 Å². The van der Waals surface area contributed by atoms with Gasteiger partial charge in [0.15, 0.2) is 15.7 Å². The maximum absolute atomic E-state index is 12.7. The van der Waals surface area contributed by atoms with E-state index >= 15 is 0 Å². The van der Waals surface area contributed by atoms with Gasteiger partial charge in [0.05, 0.1) is 5.56 Å². The lowest BCUT2D eigenvalue weighted by Crippen LogP contribution is -2.10. The second kappa shape index (κ2) is 8.61. The number of aryl methyl sites for hydroxylation is 1. The molecule has 0 atom stereocenters. The largest absolute Gasteiger partial charge is 0.417 e. The number of hydrogen-bond donors (Lipinski definition) is 0. The lowest BCUT2D eigenvalue weighted by molar-refractivity contribution is -0.137. The highest BCUT2D eigenvalue weighted by Crippen LogP contribution is 2.30. The fourth-order valence-corrected chi connectivity index (χ4v) is 3.93. The van der Waals surface area contributed by atoms with E-state index in [2.05, 4.69) is 4.98 Å². The summed E-state index contributed by atoms with van der Waals surface area (Å²) in [6, 6.07) is 10.4. The van der Waals surface area contributed by atoms with Gasteiger partial charge in [0.25, 0.3) is 0 Å². The molecule has 0 saturated carbocycles. The van der Waals surface area contributed by atoms with Gasteiger partial charge in [-0.25, -0.2) is 13.4 Å². The zero-order valence-electron chi connectivity index (χ0n) is 16.3. The van der Waals surface area contributed by atoms with Crippen molar-refractivity contribution < 1.29 is 26.4 Å². The second-order valence-corrected chi connectivity index (χ2v) is 8.91. The highest BCUT2D eigenvalue weighted by molar-refractivity contribution is 7.95. The van der Waals surface area contributed by atoms with Gasteiger partial charge in [-0.2, -0.15) is 18.4 Å². The van der Waals surface area contributed by atoms with Crippen LogP contribution in [0.15, 0.2) is 64.8 Å². The quantitative estimate of drug-likeness (QED) is 0.392. The van der Waals surface area contributed by atoms with Crippen LogP contribution in [0.25, 0.3) is 6.08 Å². The van der Waals surface area contributed by atoms with Gasteiger partial charge < -0.3 is 4.57 Å². The molecule has 3 rings (SSSR count). The molecule has 0 bridgehead atoms. The maximum atomic E-state index is 12.7. The van der Waals surface area contributed by atoms with E-state index in [0.29, 0.717) is 28.9 Å². The number of alkyl halides is 3. The second-order valence-electron chi connectivity index (χ2n) is 6.61. The van der Waals surface area contributed by atoms with Crippen molar-refractivity contribution in [2.75, 3.05) is 0 Å². The van der Waals surface area contributed by atoms with Crippen LogP contribution in [0.1, 0.15) is 27.2 Å². The smallest absolute Gasteiger partial charge is 0.350 e. The van der Waals surface area contributed by atoms with Crippen LogP contribution in [0, 0.1) is 11.3 Å². The summed E-state index contributed by atoms with van der Waals surface area (Å²) in [6.07, 6.45) is -1.82. The molecule has 32 heavy (non-hydrogen) atoms. The first-order valence-corrected chi connectivity index (χ1v) is 10.7. The number of aromatic nitrogens is 2. The number of sulfone groups is 1. The van der Waals surface area contributed by atoms with Crippen LogP contribution in [-0.4, -0.2) is 23.8 Å². The highest BCUT2D eigenvalue weighted by atomic mass is 35.5. The lowest BCUT2D eigenvalue weighted by atomic mass is 10.1. The molecule has 0 spiro atoms. The molecule has 0 aliphatic carbocycles. The van der Waals surface area contributed by atoms with Crippen molar-refractivity contribution >= 4 is 33.3 Å². The number of halogens is 4. The van der Waals surface area contributed by atoms with Gasteiger partial charge in [-0.05, 0) is 48.5 Å². The molecule has 11 heteroatoms. The third-order valence-corrected chi connectivity index (χ3v) is 6.26. The first-order valence-electron chi connectivity index (χ1n) is 8.80. The molecule has 0 amide bonds. The van der Waals surface area contributed by atoms with Crippen molar-refractivity contribution in [2.45, 2.75) is 11.2 Å². The summed E-state index contributed by atoms with van der Waals surface area (Å²) >= 11 is 5.82. The minimum Gasteiger partial charge on any atom is -0.350 e. The van der Waals surface area contributed by atoms with Gasteiger partial charge in [-0.15, -0.1) is 0 Å². The topological polar surface area (TPSA) is 92.8 Å². The third-order valence-electron chi connectivity index (χ3n) is 4.43. The Kier molecular flexibility index (Phi) is 6.25. The molecule has 0 unspecified atom stereocenters. The molecule has 164 valence electrons. The van der Waals surface area contributed by atoms with Crippen molar-refractivity contribution in [3.63, 3.8) is 0 Å². The summed E-state index contributed by atoms with van der Waals surface area (Å²) in [5.41, 5.74) is -0.304. The molecule has 0 radical (unpaired) electrons. The Hall–Kier alpha value is -3.42. The van der Waals surface area contributed by atoms with Gasteiger partial charge in [0.2, 0.25) is 9.84 Å². The summed E-state index contributed by atoms with van der Waals surface area (Å²) in [6.45, 7) is 0. The average molecular weight is 480 g/mol. The number of pyridine rings is 1. The summed E-state index contributed by atoms with van der Waals surface area (Å²) < 4.78 is 64.9. The molecule has 6 nitrogen and oxygen atoms in total. The van der Waals surface area contributed by atoms with E-state index in [-0.39, 0.29) is 17.0 Å². The Balaban J connectivity index is 1.96. The number of carbonyl (C=O) groups excluding carboxylic acids is 1. The van der Waals surface area contributed by atoms with E-state index in [0.717, 1.165) is 6.08 Å². The zero-order chi connectivity index (χ0) is 23.7. The summed E-state index contributed by atoms with van der Waals surface area (Å²) in [5, 5.41) is 9.14. The highest BCUT2D eigenvalue weighted by Gasteiger charge is 2.32. The predicted octanol–water partition coefficient (Wildman–Crippen LogP) is 4.66. The molecule has 0 N–H and O–H groups in total. The van der Waals surface area contributed by atoms with Gasteiger partial charge in [-0.1, -0.05) is 11.6 Å². The van der Waals surface area contributed by atoms with Crippen molar-refractivity contribution in [3.8, 4) is 6.07 Å². The molecular formula is C21H13ClF3N3O3S. The number of ketones is 1. The van der Waals surface area contributed by atoms with Crippen LogP contribution >= 0.6 is 11.6 Å². The molecule has 0 saturated heterocycles. The predicted molar refractivity (Wildman–Crippen MR) is 110 cm³/mol. The van der Waals surface area contributed by atoms with Gasteiger partial charge in [0.1, 0.15) is 6.07 Å². The third kappa shape index (κ3) is 4.74. The van der Waals surface area contributed by atoms with Crippen molar-refractivity contribution in [1.82, 2.24) is 9.55 Å². The number of carbonyl (C=O) groups is 1. The Labute approximate surface area is 186 Å². The lowest BCUT2D eigenvalue weighted by Gasteiger charge is -2.07. The van der Waals surface area contributed by atoms with E-state index in [9.17, 15) is 31.6 Å². The number of hydrogen-bond acceptors (Lipinski definition) is 5. The van der Waals surface area contributed by atoms with Crippen molar-refractivity contribution in [2.24, 2.45) is 7.05 Å². The van der Waals surface area contributed by atoms with E-state index in [1.54, 1.807) is 19.2 Å². The van der Waals surface area contributed by atoms with Crippen LogP contribution in [-0.2, 0) is 23.1 Å². The number of rotatable bonds is 5. The maximum Gasteiger partial charge on any atom is 0.417 e. The molecule has 0 fully saturated rings. The van der Waals surface area contributed by atoms with E-state index in [1.807, 2.05) is 0 Å². The standard InChI is InChI=1S/C21H13ClF3N3O3S/c1-28-12-14(20(29)13-2-5-16(22)6-3-13)8-17(28)9-18(10-26)32(30,31)19-7-4-15(11-27-19)21(23,24)25/h2-9,11-12H,1H3/b18-9-. The Morgan fingerprint density at radius 1 is 1.16 bits per heavy atom. The number of nitrogens with zero attached hydrogens (tertiary/aromatic N) is 3. The normalized spacial score (nSPS) is 12.4. The van der Waals surface area contributed by atoms with E-state index < -0.39 is 31.5 Å². The van der Waals surface area contributed by atoms with Gasteiger partial charge in [-0.3, -0.25) is 4.79 Å². The summed E-state index contributed by atoms with van der Waals surface area (Å²) in [4.78, 5) is 15.3. The summed E-state index contributed by atoms with van der Waals surface area (Å²) in [7, 11) is -2.94. The van der Waals surface area contributed by atoms with Crippen LogP contribution < -0.4 is 0 Å². The Morgan fingerprint density at radius 2 is 1.81 bits per heavy atom. The average Bonchev–Trinajstić information content (AvgIpc) is 3.11. The van der Waals surface area contributed by atoms with Crippen molar-refractivity contribution in [1.29, 1.82) is 5.26 Å². The monoisotopic (exact) mass is 479 g/mol. The molecular weight excluding hydrogens is 467 g/mol. The molecule has 2 heterocycles. The Morgan fingerprint density at radius 3 is 2.34 bits per heavy atom. The minimum atomic E-state index is -4.68. The van der Waals surface area contributed by atoms with Crippen LogP contribution in [0.5, 0.6) is 0 Å². The first-order chi connectivity index (χ1) is 14.9.